The molecule has 0 spiro atoms. The maximum absolute atomic E-state index is 12.9. The average molecular weight is 503 g/mol. The molecule has 3 heterocycles. The van der Waals surface area contributed by atoms with E-state index in [2.05, 4.69) is 12.1 Å². The third-order valence-electron chi connectivity index (χ3n) is 6.12. The highest BCUT2D eigenvalue weighted by Crippen LogP contribution is 2.36. The van der Waals surface area contributed by atoms with Crippen molar-refractivity contribution in [2.24, 2.45) is 0 Å². The zero-order chi connectivity index (χ0) is 25.3. The van der Waals surface area contributed by atoms with Crippen molar-refractivity contribution < 1.29 is 14.3 Å². The molecule has 5 rings (SSSR count). The maximum atomic E-state index is 12.9. The Morgan fingerprint density at radius 2 is 1.86 bits per heavy atom. The van der Waals surface area contributed by atoms with Crippen LogP contribution in [0.4, 0.5) is 4.79 Å². The van der Waals surface area contributed by atoms with Crippen LogP contribution < -0.4 is 10.3 Å². The van der Waals surface area contributed by atoms with Gasteiger partial charge in [-0.05, 0) is 68.3 Å². The molecule has 6 nitrogen and oxygen atoms in total. The minimum Gasteiger partial charge on any atom is -0.489 e. The van der Waals surface area contributed by atoms with Gasteiger partial charge in [0.1, 0.15) is 18.0 Å². The number of rotatable bonds is 4. The number of nitrogens with zero attached hydrogens (tertiary/aromatic N) is 2. The van der Waals surface area contributed by atoms with Gasteiger partial charge in [-0.1, -0.05) is 36.4 Å². The molecule has 4 aromatic rings. The minimum absolute atomic E-state index is 0.144. The summed E-state index contributed by atoms with van der Waals surface area (Å²) in [6.07, 6.45) is 3.30. The standard InChI is InChI=1S/C29H30N2O4S/c1-29(2,3)35-28(33)30-14-7-10-23-24-12-11-21(16-25(24)36-26(23)18-30)31-15-13-22(17-27(31)32)34-19-20-8-5-4-6-9-20/h4-6,8-9,11-13,15-17H,7,10,14,18-19H2,1-3H3. The molecule has 2 aromatic carbocycles. The summed E-state index contributed by atoms with van der Waals surface area (Å²) in [5.41, 5.74) is 2.49. The summed E-state index contributed by atoms with van der Waals surface area (Å²) >= 11 is 1.69. The highest BCUT2D eigenvalue weighted by Gasteiger charge is 2.26. The second kappa shape index (κ2) is 9.82. The first-order chi connectivity index (χ1) is 17.3. The lowest BCUT2D eigenvalue weighted by Crippen LogP contribution is -2.36. The normalized spacial score (nSPS) is 13.8. The van der Waals surface area contributed by atoms with Crippen LogP contribution in [0, 0.1) is 0 Å². The van der Waals surface area contributed by atoms with Gasteiger partial charge >= 0.3 is 6.09 Å². The summed E-state index contributed by atoms with van der Waals surface area (Å²) in [6, 6.07) is 19.3. The smallest absolute Gasteiger partial charge is 0.410 e. The number of pyridine rings is 1. The number of amides is 1. The summed E-state index contributed by atoms with van der Waals surface area (Å²) in [6.45, 7) is 7.31. The fourth-order valence-corrected chi connectivity index (χ4v) is 5.73. The number of hydrogen-bond donors (Lipinski definition) is 0. The van der Waals surface area contributed by atoms with Crippen molar-refractivity contribution in [3.8, 4) is 11.4 Å². The first-order valence-corrected chi connectivity index (χ1v) is 13.0. The van der Waals surface area contributed by atoms with E-state index >= 15 is 0 Å². The Kier molecular flexibility index (Phi) is 6.58. The van der Waals surface area contributed by atoms with E-state index in [-0.39, 0.29) is 11.7 Å². The molecule has 0 N–H and O–H groups in total. The average Bonchev–Trinajstić information content (AvgIpc) is 3.03. The molecular weight excluding hydrogens is 472 g/mol. The Hall–Kier alpha value is -3.58. The molecular formula is C29H30N2O4S. The van der Waals surface area contributed by atoms with E-state index in [1.165, 1.54) is 21.9 Å². The minimum atomic E-state index is -0.517. The van der Waals surface area contributed by atoms with Gasteiger partial charge in [-0.15, -0.1) is 11.3 Å². The molecule has 0 unspecified atom stereocenters. The molecule has 1 aliphatic rings. The highest BCUT2D eigenvalue weighted by molar-refractivity contribution is 7.19. The molecule has 1 aliphatic heterocycles. The molecule has 0 saturated heterocycles. The quantitative estimate of drug-likeness (QED) is 0.328. The second-order valence-electron chi connectivity index (χ2n) is 10.0. The van der Waals surface area contributed by atoms with E-state index in [4.69, 9.17) is 9.47 Å². The van der Waals surface area contributed by atoms with Gasteiger partial charge in [-0.2, -0.15) is 0 Å². The molecule has 0 radical (unpaired) electrons. The third-order valence-corrected chi connectivity index (χ3v) is 7.30. The summed E-state index contributed by atoms with van der Waals surface area (Å²) in [5.74, 6) is 0.547. The molecule has 0 bridgehead atoms. The van der Waals surface area contributed by atoms with Crippen molar-refractivity contribution in [1.82, 2.24) is 9.47 Å². The van der Waals surface area contributed by atoms with Crippen molar-refractivity contribution in [3.63, 3.8) is 0 Å². The van der Waals surface area contributed by atoms with E-state index in [0.29, 0.717) is 25.4 Å². The van der Waals surface area contributed by atoms with Crippen LogP contribution >= 0.6 is 11.3 Å². The van der Waals surface area contributed by atoms with Gasteiger partial charge in [-0.3, -0.25) is 9.36 Å². The van der Waals surface area contributed by atoms with Gasteiger partial charge < -0.3 is 14.4 Å². The number of carbonyl (C=O) groups is 1. The van der Waals surface area contributed by atoms with E-state index in [1.807, 2.05) is 63.2 Å². The van der Waals surface area contributed by atoms with Crippen molar-refractivity contribution in [2.75, 3.05) is 6.54 Å². The molecule has 0 saturated carbocycles. The van der Waals surface area contributed by atoms with Gasteiger partial charge in [0, 0.05) is 28.4 Å². The van der Waals surface area contributed by atoms with E-state index < -0.39 is 5.60 Å². The van der Waals surface area contributed by atoms with Gasteiger partial charge in [0.15, 0.2) is 0 Å². The van der Waals surface area contributed by atoms with Gasteiger partial charge in [0.05, 0.1) is 12.2 Å². The number of ether oxygens (including phenoxy) is 2. The molecule has 36 heavy (non-hydrogen) atoms. The lowest BCUT2D eigenvalue weighted by molar-refractivity contribution is 0.0238. The number of hydrogen-bond acceptors (Lipinski definition) is 5. The van der Waals surface area contributed by atoms with Crippen LogP contribution in [0.3, 0.4) is 0 Å². The summed E-state index contributed by atoms with van der Waals surface area (Å²) < 4.78 is 14.2. The van der Waals surface area contributed by atoms with E-state index in [1.54, 1.807) is 27.0 Å². The van der Waals surface area contributed by atoms with Crippen LogP contribution in [0.15, 0.2) is 71.7 Å². The third kappa shape index (κ3) is 5.31. The molecule has 7 heteroatoms. The number of aryl methyl sites for hydroxylation is 1. The van der Waals surface area contributed by atoms with Crippen LogP contribution in [0.1, 0.15) is 43.2 Å². The Morgan fingerprint density at radius 3 is 2.61 bits per heavy atom. The van der Waals surface area contributed by atoms with Crippen molar-refractivity contribution in [2.45, 2.75) is 52.4 Å². The monoisotopic (exact) mass is 502 g/mol. The number of fused-ring (bicyclic) bond motifs is 3. The molecule has 186 valence electrons. The van der Waals surface area contributed by atoms with Crippen LogP contribution in [-0.4, -0.2) is 27.7 Å². The lowest BCUT2D eigenvalue weighted by Gasteiger charge is -2.26. The van der Waals surface area contributed by atoms with Crippen LogP contribution in [-0.2, 0) is 24.3 Å². The van der Waals surface area contributed by atoms with Gasteiger partial charge in [0.25, 0.3) is 5.56 Å². The van der Waals surface area contributed by atoms with Crippen LogP contribution in [0.25, 0.3) is 15.8 Å². The Balaban J connectivity index is 1.37. The van der Waals surface area contributed by atoms with Crippen molar-refractivity contribution >= 4 is 27.5 Å². The second-order valence-corrected chi connectivity index (χ2v) is 11.2. The number of aromatic nitrogens is 1. The highest BCUT2D eigenvalue weighted by atomic mass is 32.1. The topological polar surface area (TPSA) is 60.8 Å². The van der Waals surface area contributed by atoms with Crippen molar-refractivity contribution in [1.29, 1.82) is 0 Å². The molecule has 0 atom stereocenters. The van der Waals surface area contributed by atoms with Gasteiger partial charge in [0.2, 0.25) is 0 Å². The Bertz CT molecular complexity index is 1450. The van der Waals surface area contributed by atoms with Gasteiger partial charge in [-0.25, -0.2) is 4.79 Å². The first-order valence-electron chi connectivity index (χ1n) is 12.2. The number of carbonyl (C=O) groups excluding carboxylic acids is 1. The largest absolute Gasteiger partial charge is 0.489 e. The predicted octanol–water partition coefficient (Wildman–Crippen LogP) is 6.31. The Morgan fingerprint density at radius 1 is 1.06 bits per heavy atom. The fraction of sp³-hybridized carbons (Fsp3) is 0.310. The molecule has 2 aromatic heterocycles. The Labute approximate surface area is 214 Å². The number of thiophene rings is 1. The molecule has 0 fully saturated rings. The summed E-state index contributed by atoms with van der Waals surface area (Å²) in [7, 11) is 0. The van der Waals surface area contributed by atoms with E-state index in [0.717, 1.165) is 28.8 Å². The summed E-state index contributed by atoms with van der Waals surface area (Å²) in [4.78, 5) is 28.6. The van der Waals surface area contributed by atoms with Crippen molar-refractivity contribution in [3.05, 3.63) is 93.2 Å². The molecule has 1 amide bonds. The lowest BCUT2D eigenvalue weighted by atomic mass is 10.1. The summed E-state index contributed by atoms with van der Waals surface area (Å²) in [5, 5.41) is 1.20. The molecule has 0 aliphatic carbocycles. The fourth-order valence-electron chi connectivity index (χ4n) is 4.43. The SMILES string of the molecule is CC(C)(C)OC(=O)N1CCCc2c(sc3cc(-n4ccc(OCc5ccccc5)cc4=O)ccc23)C1. The zero-order valence-corrected chi connectivity index (χ0v) is 21.6. The zero-order valence-electron chi connectivity index (χ0n) is 20.8. The van der Waals surface area contributed by atoms with E-state index in [9.17, 15) is 9.59 Å². The maximum Gasteiger partial charge on any atom is 0.410 e. The van der Waals surface area contributed by atoms with Crippen LogP contribution in [0.2, 0.25) is 0 Å². The van der Waals surface area contributed by atoms with Crippen LogP contribution in [0.5, 0.6) is 5.75 Å². The number of benzene rings is 2. The predicted molar refractivity (Wildman–Crippen MR) is 143 cm³/mol. The first kappa shape index (κ1) is 24.1.